The first-order valence-corrected chi connectivity index (χ1v) is 6.19. The number of carboxylic acid groups (broad SMARTS) is 1. The minimum absolute atomic E-state index is 0.429. The molecule has 0 atom stereocenters. The Labute approximate surface area is 98.8 Å². The van der Waals surface area contributed by atoms with Gasteiger partial charge in [-0.2, -0.15) is 0 Å². The Bertz CT molecular complexity index is 415. The lowest BCUT2D eigenvalue weighted by Crippen LogP contribution is -2.25. The Kier molecular flexibility index (Phi) is 3.41. The number of rotatable bonds is 4. The van der Waals surface area contributed by atoms with E-state index in [1.54, 1.807) is 6.07 Å². The molecule has 0 aromatic carbocycles. The van der Waals surface area contributed by atoms with Gasteiger partial charge in [0.2, 0.25) is 0 Å². The normalized spacial score (nSPS) is 15.8. The van der Waals surface area contributed by atoms with Gasteiger partial charge < -0.3 is 10.4 Å². The predicted octanol–water partition coefficient (Wildman–Crippen LogP) is 2.56. The number of carboxylic acids is 1. The van der Waals surface area contributed by atoms with E-state index in [9.17, 15) is 4.79 Å². The summed E-state index contributed by atoms with van der Waals surface area (Å²) in [6.45, 7) is 2.74. The van der Waals surface area contributed by atoms with Gasteiger partial charge in [-0.05, 0) is 31.4 Å². The van der Waals surface area contributed by atoms with Crippen molar-refractivity contribution in [2.75, 3.05) is 0 Å². The van der Waals surface area contributed by atoms with Gasteiger partial charge in [0, 0.05) is 17.5 Å². The summed E-state index contributed by atoms with van der Waals surface area (Å²) >= 11 is 1.35. The molecule has 3 nitrogen and oxygen atoms in total. The van der Waals surface area contributed by atoms with Gasteiger partial charge in [-0.15, -0.1) is 11.3 Å². The largest absolute Gasteiger partial charge is 0.477 e. The SMILES string of the molecule is Cc1sc(C(=O)O)cc1CNC1CC=CC1. The second-order valence-corrected chi connectivity index (χ2v) is 5.27. The average Bonchev–Trinajstić information content (AvgIpc) is 2.84. The maximum atomic E-state index is 10.8. The Hall–Kier alpha value is -1.13. The average molecular weight is 237 g/mol. The Balaban J connectivity index is 1.95. The lowest BCUT2D eigenvalue weighted by Gasteiger charge is -2.11. The standard InChI is InChI=1S/C12H15NO2S/c1-8-9(6-11(16-8)12(14)15)7-13-10-4-2-3-5-10/h2-3,6,10,13H,4-5,7H2,1H3,(H,14,15). The highest BCUT2D eigenvalue weighted by Crippen LogP contribution is 2.22. The van der Waals surface area contributed by atoms with Crippen LogP contribution in [-0.4, -0.2) is 17.1 Å². The molecule has 1 aromatic heterocycles. The molecule has 4 heteroatoms. The molecule has 1 aliphatic carbocycles. The van der Waals surface area contributed by atoms with Crippen LogP contribution < -0.4 is 5.32 Å². The van der Waals surface area contributed by atoms with E-state index in [1.165, 1.54) is 11.3 Å². The quantitative estimate of drug-likeness (QED) is 0.791. The first-order chi connectivity index (χ1) is 7.66. The summed E-state index contributed by atoms with van der Waals surface area (Å²) in [7, 11) is 0. The molecule has 86 valence electrons. The molecule has 0 unspecified atom stereocenters. The summed E-state index contributed by atoms with van der Waals surface area (Å²) in [5.74, 6) is -0.832. The van der Waals surface area contributed by atoms with Crippen molar-refractivity contribution in [1.29, 1.82) is 0 Å². The van der Waals surface area contributed by atoms with Crippen LogP contribution >= 0.6 is 11.3 Å². The van der Waals surface area contributed by atoms with E-state index < -0.39 is 5.97 Å². The molecule has 1 aliphatic rings. The molecular formula is C12H15NO2S. The Morgan fingerprint density at radius 1 is 1.56 bits per heavy atom. The molecule has 0 spiro atoms. The number of aryl methyl sites for hydroxylation is 1. The monoisotopic (exact) mass is 237 g/mol. The van der Waals surface area contributed by atoms with Crippen molar-refractivity contribution in [2.24, 2.45) is 0 Å². The molecule has 0 saturated heterocycles. The highest BCUT2D eigenvalue weighted by molar-refractivity contribution is 7.14. The summed E-state index contributed by atoms with van der Waals surface area (Å²) in [4.78, 5) is 12.3. The third-order valence-corrected chi connectivity index (χ3v) is 3.90. The van der Waals surface area contributed by atoms with E-state index in [0.29, 0.717) is 10.9 Å². The van der Waals surface area contributed by atoms with Crippen LogP contribution in [0.15, 0.2) is 18.2 Å². The fourth-order valence-corrected chi connectivity index (χ4v) is 2.72. The first kappa shape index (κ1) is 11.4. The molecule has 16 heavy (non-hydrogen) atoms. The molecule has 0 amide bonds. The molecule has 0 saturated carbocycles. The van der Waals surface area contributed by atoms with Crippen LogP contribution in [-0.2, 0) is 6.54 Å². The van der Waals surface area contributed by atoms with Crippen molar-refractivity contribution >= 4 is 17.3 Å². The summed E-state index contributed by atoms with van der Waals surface area (Å²) in [5.41, 5.74) is 1.11. The molecule has 0 radical (unpaired) electrons. The van der Waals surface area contributed by atoms with E-state index in [2.05, 4.69) is 17.5 Å². The second-order valence-electron chi connectivity index (χ2n) is 4.02. The van der Waals surface area contributed by atoms with Crippen molar-refractivity contribution in [3.8, 4) is 0 Å². The lowest BCUT2D eigenvalue weighted by molar-refractivity contribution is 0.0702. The summed E-state index contributed by atoms with van der Waals surface area (Å²) in [5, 5.41) is 12.3. The van der Waals surface area contributed by atoms with Crippen molar-refractivity contribution in [1.82, 2.24) is 5.32 Å². The van der Waals surface area contributed by atoms with Crippen LogP contribution in [0.3, 0.4) is 0 Å². The third kappa shape index (κ3) is 2.51. The number of hydrogen-bond acceptors (Lipinski definition) is 3. The van der Waals surface area contributed by atoms with E-state index in [-0.39, 0.29) is 0 Å². The Morgan fingerprint density at radius 2 is 2.25 bits per heavy atom. The summed E-state index contributed by atoms with van der Waals surface area (Å²) in [6.07, 6.45) is 6.52. The summed E-state index contributed by atoms with van der Waals surface area (Å²) in [6, 6.07) is 2.30. The van der Waals surface area contributed by atoms with Gasteiger partial charge in [-0.3, -0.25) is 0 Å². The minimum Gasteiger partial charge on any atom is -0.477 e. The van der Waals surface area contributed by atoms with E-state index in [0.717, 1.165) is 29.8 Å². The van der Waals surface area contributed by atoms with E-state index in [4.69, 9.17) is 5.11 Å². The van der Waals surface area contributed by atoms with Crippen molar-refractivity contribution in [2.45, 2.75) is 32.4 Å². The number of aromatic carboxylic acids is 1. The molecular weight excluding hydrogens is 222 g/mol. The van der Waals surface area contributed by atoms with E-state index in [1.807, 2.05) is 6.92 Å². The van der Waals surface area contributed by atoms with Crippen LogP contribution in [0, 0.1) is 6.92 Å². The van der Waals surface area contributed by atoms with Gasteiger partial charge >= 0.3 is 5.97 Å². The lowest BCUT2D eigenvalue weighted by atomic mass is 10.2. The fraction of sp³-hybridized carbons (Fsp3) is 0.417. The minimum atomic E-state index is -0.832. The predicted molar refractivity (Wildman–Crippen MR) is 65.0 cm³/mol. The van der Waals surface area contributed by atoms with E-state index >= 15 is 0 Å². The third-order valence-electron chi connectivity index (χ3n) is 2.82. The topological polar surface area (TPSA) is 49.3 Å². The zero-order chi connectivity index (χ0) is 11.5. The number of thiophene rings is 1. The van der Waals surface area contributed by atoms with Gasteiger partial charge in [-0.25, -0.2) is 4.79 Å². The van der Waals surface area contributed by atoms with Crippen molar-refractivity contribution in [3.05, 3.63) is 33.5 Å². The molecule has 1 aromatic rings. The fourth-order valence-electron chi connectivity index (χ4n) is 1.84. The van der Waals surface area contributed by atoms with Crippen LogP contribution in [0.4, 0.5) is 0 Å². The van der Waals surface area contributed by atoms with Gasteiger partial charge in [-0.1, -0.05) is 12.2 Å². The number of carbonyl (C=O) groups is 1. The highest BCUT2D eigenvalue weighted by atomic mass is 32.1. The van der Waals surface area contributed by atoms with Gasteiger partial charge in [0.25, 0.3) is 0 Å². The van der Waals surface area contributed by atoms with Crippen molar-refractivity contribution in [3.63, 3.8) is 0 Å². The molecule has 2 rings (SSSR count). The van der Waals surface area contributed by atoms with Gasteiger partial charge in [0.1, 0.15) is 4.88 Å². The molecule has 0 aliphatic heterocycles. The van der Waals surface area contributed by atoms with Crippen LogP contribution in [0.5, 0.6) is 0 Å². The zero-order valence-electron chi connectivity index (χ0n) is 9.19. The highest BCUT2D eigenvalue weighted by Gasteiger charge is 2.13. The molecule has 0 bridgehead atoms. The van der Waals surface area contributed by atoms with Crippen LogP contribution in [0.2, 0.25) is 0 Å². The maximum absolute atomic E-state index is 10.8. The van der Waals surface area contributed by atoms with Gasteiger partial charge in [0.15, 0.2) is 0 Å². The summed E-state index contributed by atoms with van der Waals surface area (Å²) < 4.78 is 0. The molecule has 1 heterocycles. The van der Waals surface area contributed by atoms with Crippen LogP contribution in [0.1, 0.15) is 33.0 Å². The number of nitrogens with one attached hydrogen (secondary N) is 1. The zero-order valence-corrected chi connectivity index (χ0v) is 10.0. The molecule has 2 N–H and O–H groups in total. The van der Waals surface area contributed by atoms with Gasteiger partial charge in [0.05, 0.1) is 0 Å². The first-order valence-electron chi connectivity index (χ1n) is 5.38. The number of hydrogen-bond donors (Lipinski definition) is 2. The Morgan fingerprint density at radius 3 is 2.81 bits per heavy atom. The molecule has 0 fully saturated rings. The maximum Gasteiger partial charge on any atom is 0.345 e. The second kappa shape index (κ2) is 4.80. The smallest absolute Gasteiger partial charge is 0.345 e. The van der Waals surface area contributed by atoms with Crippen molar-refractivity contribution < 1.29 is 9.90 Å². The van der Waals surface area contributed by atoms with Crippen LogP contribution in [0.25, 0.3) is 0 Å².